The molecule has 0 saturated heterocycles. The SMILES string of the molecule is N#CC1=C(N)Oc2cc(O)c(C=Nc3ccc(Cl)c(Cl)c3)cc2C1c1cccnc1. The average Bonchev–Trinajstić information content (AvgIpc) is 2.74. The fraction of sp³-hybridized carbons (Fsp3) is 0.0455. The number of pyridine rings is 1. The molecule has 1 aliphatic rings. The molecule has 1 unspecified atom stereocenters. The van der Waals surface area contributed by atoms with Crippen molar-refractivity contribution in [2.75, 3.05) is 0 Å². The summed E-state index contributed by atoms with van der Waals surface area (Å²) in [5, 5.41) is 20.9. The number of aromatic hydroxyl groups is 1. The molecule has 2 aromatic carbocycles. The monoisotopic (exact) mass is 436 g/mol. The largest absolute Gasteiger partial charge is 0.507 e. The summed E-state index contributed by atoms with van der Waals surface area (Å²) in [6.45, 7) is 0. The molecule has 1 aliphatic heterocycles. The van der Waals surface area contributed by atoms with Gasteiger partial charge in [-0.3, -0.25) is 9.98 Å². The van der Waals surface area contributed by atoms with Gasteiger partial charge >= 0.3 is 0 Å². The fourth-order valence-electron chi connectivity index (χ4n) is 3.21. The first-order chi connectivity index (χ1) is 14.5. The second kappa shape index (κ2) is 8.07. The maximum Gasteiger partial charge on any atom is 0.205 e. The quantitative estimate of drug-likeness (QED) is 0.557. The number of fused-ring (bicyclic) bond motifs is 1. The van der Waals surface area contributed by atoms with E-state index in [2.05, 4.69) is 16.0 Å². The van der Waals surface area contributed by atoms with Gasteiger partial charge in [0.25, 0.3) is 0 Å². The average molecular weight is 437 g/mol. The van der Waals surface area contributed by atoms with Crippen LogP contribution in [0.15, 0.2) is 71.3 Å². The van der Waals surface area contributed by atoms with Crippen LogP contribution < -0.4 is 10.5 Å². The summed E-state index contributed by atoms with van der Waals surface area (Å²) in [6.07, 6.45) is 4.82. The number of hydrogen-bond acceptors (Lipinski definition) is 6. The molecule has 1 atom stereocenters. The first kappa shape index (κ1) is 19.8. The van der Waals surface area contributed by atoms with Crippen LogP contribution in [-0.2, 0) is 0 Å². The number of nitrogens with zero attached hydrogens (tertiary/aromatic N) is 3. The van der Waals surface area contributed by atoms with E-state index in [4.69, 9.17) is 33.7 Å². The Labute approximate surface area is 182 Å². The minimum Gasteiger partial charge on any atom is -0.507 e. The summed E-state index contributed by atoms with van der Waals surface area (Å²) in [4.78, 5) is 8.50. The van der Waals surface area contributed by atoms with Crippen molar-refractivity contribution in [3.8, 4) is 17.6 Å². The van der Waals surface area contributed by atoms with Crippen molar-refractivity contribution in [3.63, 3.8) is 0 Å². The van der Waals surface area contributed by atoms with Crippen molar-refractivity contribution >= 4 is 35.1 Å². The van der Waals surface area contributed by atoms with Gasteiger partial charge in [0.15, 0.2) is 0 Å². The first-order valence-corrected chi connectivity index (χ1v) is 9.57. The molecule has 148 valence electrons. The minimum absolute atomic E-state index is 0.00419. The molecule has 30 heavy (non-hydrogen) atoms. The molecule has 4 rings (SSSR count). The van der Waals surface area contributed by atoms with Gasteiger partial charge in [0, 0.05) is 35.8 Å². The number of hydrogen-bond donors (Lipinski definition) is 2. The molecule has 0 saturated carbocycles. The smallest absolute Gasteiger partial charge is 0.205 e. The van der Waals surface area contributed by atoms with Crippen molar-refractivity contribution in [1.29, 1.82) is 5.26 Å². The van der Waals surface area contributed by atoms with E-state index >= 15 is 0 Å². The lowest BCUT2D eigenvalue weighted by Crippen LogP contribution is -2.21. The van der Waals surface area contributed by atoms with Gasteiger partial charge in [-0.05, 0) is 35.9 Å². The Morgan fingerprint density at radius 1 is 1.20 bits per heavy atom. The number of ether oxygens (including phenoxy) is 1. The molecular weight excluding hydrogens is 423 g/mol. The third-order valence-electron chi connectivity index (χ3n) is 4.64. The van der Waals surface area contributed by atoms with Crippen LogP contribution in [0.3, 0.4) is 0 Å². The predicted octanol–water partition coefficient (Wildman–Crippen LogP) is 5.06. The Kier molecular flexibility index (Phi) is 5.32. The van der Waals surface area contributed by atoms with Crippen molar-refractivity contribution in [1.82, 2.24) is 4.98 Å². The number of nitriles is 1. The van der Waals surface area contributed by atoms with E-state index in [-0.39, 0.29) is 17.2 Å². The molecule has 0 fully saturated rings. The van der Waals surface area contributed by atoms with Crippen LogP contribution >= 0.6 is 23.2 Å². The number of benzene rings is 2. The zero-order valence-corrected chi connectivity index (χ0v) is 16.9. The zero-order chi connectivity index (χ0) is 21.3. The topological polar surface area (TPSA) is 105 Å². The summed E-state index contributed by atoms with van der Waals surface area (Å²) < 4.78 is 5.59. The van der Waals surface area contributed by atoms with Crippen molar-refractivity contribution in [3.05, 3.63) is 93.1 Å². The van der Waals surface area contributed by atoms with E-state index in [1.165, 1.54) is 12.3 Å². The second-order valence-electron chi connectivity index (χ2n) is 6.52. The third-order valence-corrected chi connectivity index (χ3v) is 5.38. The van der Waals surface area contributed by atoms with Crippen LogP contribution in [0.1, 0.15) is 22.6 Å². The van der Waals surface area contributed by atoms with E-state index in [0.717, 1.165) is 5.56 Å². The summed E-state index contributed by atoms with van der Waals surface area (Å²) in [5.74, 6) is -0.166. The summed E-state index contributed by atoms with van der Waals surface area (Å²) in [5.41, 5.74) is 8.69. The van der Waals surface area contributed by atoms with Gasteiger partial charge in [0.2, 0.25) is 5.88 Å². The van der Waals surface area contributed by atoms with E-state index in [1.807, 2.05) is 6.07 Å². The van der Waals surface area contributed by atoms with Crippen LogP contribution in [0.2, 0.25) is 10.0 Å². The zero-order valence-electron chi connectivity index (χ0n) is 15.4. The number of nitrogens with two attached hydrogens (primary N) is 1. The standard InChI is InChI=1S/C22H14Cl2N4O2/c23-17-4-3-14(7-18(17)24)28-11-13-6-15-20(8-19(13)29)30-22(26)16(9-25)21(15)12-2-1-5-27-10-12/h1-8,10-11,21,29H,26H2. The fourth-order valence-corrected chi connectivity index (χ4v) is 3.51. The maximum atomic E-state index is 10.5. The van der Waals surface area contributed by atoms with Gasteiger partial charge in [-0.2, -0.15) is 5.26 Å². The lowest BCUT2D eigenvalue weighted by atomic mass is 9.83. The van der Waals surface area contributed by atoms with Crippen LogP contribution in [0.4, 0.5) is 5.69 Å². The van der Waals surface area contributed by atoms with E-state index in [9.17, 15) is 10.4 Å². The van der Waals surface area contributed by atoms with E-state index in [0.29, 0.717) is 32.6 Å². The minimum atomic E-state index is -0.481. The molecule has 1 aromatic heterocycles. The predicted molar refractivity (Wildman–Crippen MR) is 115 cm³/mol. The van der Waals surface area contributed by atoms with Crippen LogP contribution in [0.25, 0.3) is 0 Å². The highest BCUT2D eigenvalue weighted by Crippen LogP contribution is 2.44. The van der Waals surface area contributed by atoms with Crippen molar-refractivity contribution in [2.45, 2.75) is 5.92 Å². The van der Waals surface area contributed by atoms with Gasteiger partial charge in [-0.25, -0.2) is 0 Å². The van der Waals surface area contributed by atoms with Gasteiger partial charge < -0.3 is 15.6 Å². The highest BCUT2D eigenvalue weighted by Gasteiger charge is 2.31. The Morgan fingerprint density at radius 2 is 2.03 bits per heavy atom. The molecule has 3 N–H and O–H groups in total. The maximum absolute atomic E-state index is 10.5. The lowest BCUT2D eigenvalue weighted by molar-refractivity contribution is 0.388. The molecule has 0 radical (unpaired) electrons. The number of phenolic OH excluding ortho intramolecular Hbond substituents is 1. The molecule has 0 spiro atoms. The molecule has 0 aliphatic carbocycles. The molecule has 6 nitrogen and oxygen atoms in total. The molecule has 2 heterocycles. The molecule has 3 aromatic rings. The summed E-state index contributed by atoms with van der Waals surface area (Å²) >= 11 is 12.0. The summed E-state index contributed by atoms with van der Waals surface area (Å²) in [7, 11) is 0. The van der Waals surface area contributed by atoms with E-state index in [1.54, 1.807) is 42.7 Å². The number of aliphatic imine (C=N–C) groups is 1. The first-order valence-electron chi connectivity index (χ1n) is 8.81. The van der Waals surface area contributed by atoms with Crippen LogP contribution in [0, 0.1) is 11.3 Å². The van der Waals surface area contributed by atoms with E-state index < -0.39 is 5.92 Å². The Hall–Kier alpha value is -3.53. The number of phenols is 1. The van der Waals surface area contributed by atoms with Gasteiger partial charge in [0.05, 0.1) is 21.7 Å². The molecule has 0 bridgehead atoms. The van der Waals surface area contributed by atoms with Gasteiger partial charge in [0.1, 0.15) is 23.1 Å². The van der Waals surface area contributed by atoms with Crippen molar-refractivity contribution < 1.29 is 9.84 Å². The number of rotatable bonds is 3. The Bertz CT molecular complexity index is 1230. The number of halogens is 2. The Morgan fingerprint density at radius 3 is 2.73 bits per heavy atom. The number of allylic oxidation sites excluding steroid dienone is 1. The molecule has 0 amide bonds. The molecule has 8 heteroatoms. The highest BCUT2D eigenvalue weighted by atomic mass is 35.5. The molecular formula is C22H14Cl2N4O2. The Balaban J connectivity index is 1.80. The number of aromatic nitrogens is 1. The second-order valence-corrected chi connectivity index (χ2v) is 7.33. The van der Waals surface area contributed by atoms with Gasteiger partial charge in [-0.1, -0.05) is 29.3 Å². The van der Waals surface area contributed by atoms with Crippen LogP contribution in [0.5, 0.6) is 11.5 Å². The normalized spacial score (nSPS) is 15.6. The van der Waals surface area contributed by atoms with Crippen LogP contribution in [-0.4, -0.2) is 16.3 Å². The van der Waals surface area contributed by atoms with Gasteiger partial charge in [-0.15, -0.1) is 0 Å². The highest BCUT2D eigenvalue weighted by molar-refractivity contribution is 6.42. The third kappa shape index (κ3) is 3.69. The summed E-state index contributed by atoms with van der Waals surface area (Å²) in [6, 6.07) is 13.9. The van der Waals surface area contributed by atoms with Crippen molar-refractivity contribution in [2.24, 2.45) is 10.7 Å². The lowest BCUT2D eigenvalue weighted by Gasteiger charge is -2.26.